The van der Waals surface area contributed by atoms with Gasteiger partial charge in [-0.05, 0) is 11.5 Å². The van der Waals surface area contributed by atoms with E-state index in [4.69, 9.17) is 0 Å². The first-order chi connectivity index (χ1) is 5.77. The molecule has 0 saturated heterocycles. The predicted octanol–water partition coefficient (Wildman–Crippen LogP) is 1.72. The Hall–Kier alpha value is -0.920. The van der Waals surface area contributed by atoms with Gasteiger partial charge >= 0.3 is 0 Å². The highest BCUT2D eigenvalue weighted by molar-refractivity contribution is 5.84. The predicted molar refractivity (Wildman–Crippen MR) is 52.1 cm³/mol. The van der Waals surface area contributed by atoms with Gasteiger partial charge in [0.1, 0.15) is 0 Å². The van der Waals surface area contributed by atoms with E-state index in [1.807, 2.05) is 12.4 Å². The molecule has 2 heteroatoms. The normalized spacial score (nSPS) is 32.4. The first kappa shape index (κ1) is 7.71. The number of hydrogen-bond acceptors (Lipinski definition) is 2. The maximum atomic E-state index is 4.45. The summed E-state index contributed by atoms with van der Waals surface area (Å²) in [6.45, 7) is 5.33. The molecule has 0 spiro atoms. The standard InChI is InChI=1S/C10H14N2/c1-7(2)8-3-9-4-11-6-10(9)12-5-8/h3,5-7,9-10H,4H2,1-2H3. The Balaban J connectivity index is 2.18. The summed E-state index contributed by atoms with van der Waals surface area (Å²) in [5.41, 5.74) is 1.36. The van der Waals surface area contributed by atoms with Gasteiger partial charge in [0, 0.05) is 24.9 Å². The van der Waals surface area contributed by atoms with Crippen LogP contribution in [0.1, 0.15) is 13.8 Å². The molecule has 0 bridgehead atoms. The quantitative estimate of drug-likeness (QED) is 0.561. The van der Waals surface area contributed by atoms with Gasteiger partial charge in [-0.1, -0.05) is 19.9 Å². The van der Waals surface area contributed by atoms with Crippen LogP contribution in [0.4, 0.5) is 0 Å². The molecule has 12 heavy (non-hydrogen) atoms. The number of rotatable bonds is 1. The molecular formula is C10H14N2. The van der Waals surface area contributed by atoms with Gasteiger partial charge in [-0.2, -0.15) is 0 Å². The number of nitrogens with zero attached hydrogens (tertiary/aromatic N) is 2. The Morgan fingerprint density at radius 3 is 3.08 bits per heavy atom. The SMILES string of the molecule is CC(C)C1=CC2CN=CC2N=C1. The highest BCUT2D eigenvalue weighted by atomic mass is 14.9. The maximum Gasteiger partial charge on any atom is 0.0926 e. The Morgan fingerprint density at radius 1 is 1.50 bits per heavy atom. The van der Waals surface area contributed by atoms with Crippen LogP contribution in [0.5, 0.6) is 0 Å². The fourth-order valence-electron chi connectivity index (χ4n) is 1.61. The number of dihydropyridines is 1. The number of fused-ring (bicyclic) bond motifs is 1. The third-order valence-corrected chi connectivity index (χ3v) is 2.48. The van der Waals surface area contributed by atoms with E-state index in [0.29, 0.717) is 17.9 Å². The van der Waals surface area contributed by atoms with Crippen molar-refractivity contribution in [1.82, 2.24) is 0 Å². The van der Waals surface area contributed by atoms with E-state index in [0.717, 1.165) is 6.54 Å². The highest BCUT2D eigenvalue weighted by Gasteiger charge is 2.24. The lowest BCUT2D eigenvalue weighted by Gasteiger charge is -2.18. The van der Waals surface area contributed by atoms with Crippen molar-refractivity contribution in [3.05, 3.63) is 11.6 Å². The first-order valence-corrected chi connectivity index (χ1v) is 4.52. The number of allylic oxidation sites excluding steroid dienone is 1. The minimum atomic E-state index is 0.340. The molecule has 0 saturated carbocycles. The van der Waals surface area contributed by atoms with Gasteiger partial charge in [-0.25, -0.2) is 0 Å². The van der Waals surface area contributed by atoms with Gasteiger partial charge in [0.15, 0.2) is 0 Å². The van der Waals surface area contributed by atoms with Crippen molar-refractivity contribution in [2.45, 2.75) is 19.9 Å². The maximum absolute atomic E-state index is 4.45. The highest BCUT2D eigenvalue weighted by Crippen LogP contribution is 2.23. The molecule has 0 aromatic carbocycles. The van der Waals surface area contributed by atoms with Crippen LogP contribution >= 0.6 is 0 Å². The van der Waals surface area contributed by atoms with E-state index >= 15 is 0 Å². The van der Waals surface area contributed by atoms with Gasteiger partial charge in [0.2, 0.25) is 0 Å². The second-order valence-corrected chi connectivity index (χ2v) is 3.77. The largest absolute Gasteiger partial charge is 0.295 e. The first-order valence-electron chi connectivity index (χ1n) is 4.52. The van der Waals surface area contributed by atoms with E-state index in [1.54, 1.807) is 0 Å². The molecule has 2 unspecified atom stereocenters. The summed E-state index contributed by atoms with van der Waals surface area (Å²) in [6.07, 6.45) is 6.30. The van der Waals surface area contributed by atoms with Crippen LogP contribution in [0.25, 0.3) is 0 Å². The molecule has 2 aliphatic rings. The van der Waals surface area contributed by atoms with Crippen molar-refractivity contribution >= 4 is 12.4 Å². The van der Waals surface area contributed by atoms with Crippen LogP contribution in [-0.4, -0.2) is 25.0 Å². The van der Waals surface area contributed by atoms with E-state index < -0.39 is 0 Å². The average molecular weight is 162 g/mol. The lowest BCUT2D eigenvalue weighted by molar-refractivity contribution is 0.635. The number of aliphatic imine (C=N–C) groups is 2. The van der Waals surface area contributed by atoms with Crippen molar-refractivity contribution in [2.24, 2.45) is 21.8 Å². The topological polar surface area (TPSA) is 24.7 Å². The summed E-state index contributed by atoms with van der Waals surface area (Å²) in [4.78, 5) is 8.69. The van der Waals surface area contributed by atoms with Gasteiger partial charge in [0.25, 0.3) is 0 Å². The number of hydrogen-bond donors (Lipinski definition) is 0. The van der Waals surface area contributed by atoms with Crippen LogP contribution in [-0.2, 0) is 0 Å². The molecule has 0 radical (unpaired) electrons. The summed E-state index contributed by atoms with van der Waals surface area (Å²) in [7, 11) is 0. The fraction of sp³-hybridized carbons (Fsp3) is 0.600. The molecule has 2 aliphatic heterocycles. The molecule has 0 N–H and O–H groups in total. The van der Waals surface area contributed by atoms with Crippen molar-refractivity contribution < 1.29 is 0 Å². The molecule has 2 rings (SSSR count). The summed E-state index contributed by atoms with van der Waals surface area (Å²) in [5.74, 6) is 1.14. The van der Waals surface area contributed by atoms with Gasteiger partial charge in [-0.15, -0.1) is 0 Å². The Morgan fingerprint density at radius 2 is 2.33 bits per heavy atom. The minimum absolute atomic E-state index is 0.340. The van der Waals surface area contributed by atoms with Gasteiger partial charge < -0.3 is 0 Å². The molecule has 2 heterocycles. The Labute approximate surface area is 73.1 Å². The zero-order valence-electron chi connectivity index (χ0n) is 7.57. The van der Waals surface area contributed by atoms with Crippen molar-refractivity contribution in [3.63, 3.8) is 0 Å². The third-order valence-electron chi connectivity index (χ3n) is 2.48. The van der Waals surface area contributed by atoms with E-state index in [9.17, 15) is 0 Å². The van der Waals surface area contributed by atoms with Crippen LogP contribution in [0, 0.1) is 11.8 Å². The molecule has 0 aromatic heterocycles. The lowest BCUT2D eigenvalue weighted by Crippen LogP contribution is -2.20. The zero-order valence-corrected chi connectivity index (χ0v) is 7.57. The lowest BCUT2D eigenvalue weighted by atomic mass is 9.93. The molecule has 64 valence electrons. The molecular weight excluding hydrogens is 148 g/mol. The van der Waals surface area contributed by atoms with Crippen LogP contribution in [0.2, 0.25) is 0 Å². The van der Waals surface area contributed by atoms with Crippen molar-refractivity contribution in [1.29, 1.82) is 0 Å². The van der Waals surface area contributed by atoms with Crippen LogP contribution in [0.15, 0.2) is 21.6 Å². The molecule has 2 nitrogen and oxygen atoms in total. The van der Waals surface area contributed by atoms with Crippen molar-refractivity contribution in [3.8, 4) is 0 Å². The van der Waals surface area contributed by atoms with E-state index in [-0.39, 0.29) is 0 Å². The minimum Gasteiger partial charge on any atom is -0.295 e. The fourth-order valence-corrected chi connectivity index (χ4v) is 1.61. The molecule has 0 aromatic rings. The van der Waals surface area contributed by atoms with Gasteiger partial charge in [0.05, 0.1) is 6.04 Å². The van der Waals surface area contributed by atoms with Crippen molar-refractivity contribution in [2.75, 3.05) is 6.54 Å². The molecule has 0 amide bonds. The molecule has 2 atom stereocenters. The Kier molecular flexibility index (Phi) is 1.83. The van der Waals surface area contributed by atoms with E-state index in [1.165, 1.54) is 5.57 Å². The second kappa shape index (κ2) is 2.85. The summed E-state index contributed by atoms with van der Waals surface area (Å²) in [6, 6.07) is 0.340. The van der Waals surface area contributed by atoms with Crippen LogP contribution in [0.3, 0.4) is 0 Å². The monoisotopic (exact) mass is 162 g/mol. The van der Waals surface area contributed by atoms with Crippen LogP contribution < -0.4 is 0 Å². The smallest absolute Gasteiger partial charge is 0.0926 e. The third kappa shape index (κ3) is 1.22. The molecule has 0 fully saturated rings. The molecule has 0 aliphatic carbocycles. The summed E-state index contributed by atoms with van der Waals surface area (Å²) < 4.78 is 0. The average Bonchev–Trinajstić information content (AvgIpc) is 2.49. The zero-order chi connectivity index (χ0) is 8.55. The van der Waals surface area contributed by atoms with Gasteiger partial charge in [-0.3, -0.25) is 9.98 Å². The second-order valence-electron chi connectivity index (χ2n) is 3.77. The Bertz CT molecular complexity index is 261. The summed E-state index contributed by atoms with van der Waals surface area (Å²) >= 11 is 0. The van der Waals surface area contributed by atoms with E-state index in [2.05, 4.69) is 29.9 Å². The summed E-state index contributed by atoms with van der Waals surface area (Å²) in [5, 5.41) is 0.